The van der Waals surface area contributed by atoms with Crippen LogP contribution in [0, 0.1) is 6.92 Å². The molecule has 16 heavy (non-hydrogen) atoms. The summed E-state index contributed by atoms with van der Waals surface area (Å²) in [6.07, 6.45) is 1.66. The predicted molar refractivity (Wildman–Crippen MR) is 62.5 cm³/mol. The minimum atomic E-state index is -0.295. The third kappa shape index (κ3) is 1.61. The number of aliphatic hydroxyl groups is 1. The van der Waals surface area contributed by atoms with Gasteiger partial charge in [-0.25, -0.2) is 4.68 Å². The number of rotatable bonds is 2. The highest BCUT2D eigenvalue weighted by Gasteiger charge is 2.10. The van der Waals surface area contributed by atoms with Gasteiger partial charge in [0, 0.05) is 5.39 Å². The zero-order valence-corrected chi connectivity index (χ0v) is 9.34. The Morgan fingerprint density at radius 1 is 1.50 bits per heavy atom. The van der Waals surface area contributed by atoms with Crippen molar-refractivity contribution in [3.8, 4) is 0 Å². The zero-order valence-electron chi connectivity index (χ0n) is 9.34. The van der Waals surface area contributed by atoms with Crippen LogP contribution in [0.3, 0.4) is 0 Å². The Labute approximate surface area is 93.1 Å². The summed E-state index contributed by atoms with van der Waals surface area (Å²) in [6.45, 7) is 3.57. The van der Waals surface area contributed by atoms with Crippen molar-refractivity contribution in [1.82, 2.24) is 9.78 Å². The monoisotopic (exact) mass is 218 g/mol. The molecule has 0 aliphatic heterocycles. The van der Waals surface area contributed by atoms with E-state index in [1.54, 1.807) is 13.1 Å². The predicted octanol–water partition coefficient (Wildman–Crippen LogP) is 1.26. The maximum absolute atomic E-state index is 12.1. The molecular weight excluding hydrogens is 204 g/mol. The van der Waals surface area contributed by atoms with Crippen LogP contribution in [-0.2, 0) is 0 Å². The first kappa shape index (κ1) is 10.8. The molecule has 0 spiro atoms. The first-order valence-electron chi connectivity index (χ1n) is 5.23. The standard InChI is InChI=1S/C12H14N2O2/c1-8-4-3-5-10-6-13-14(9(2)7-15)12(16)11(8)10/h3-6,9,15H,7H2,1-2H3. The molecule has 0 radical (unpaired) electrons. The van der Waals surface area contributed by atoms with Crippen LogP contribution in [0.2, 0.25) is 0 Å². The van der Waals surface area contributed by atoms with Gasteiger partial charge in [-0.15, -0.1) is 0 Å². The lowest BCUT2D eigenvalue weighted by Crippen LogP contribution is -2.27. The summed E-state index contributed by atoms with van der Waals surface area (Å²) in [5, 5.41) is 14.6. The summed E-state index contributed by atoms with van der Waals surface area (Å²) in [6, 6.07) is 5.37. The molecule has 1 aromatic carbocycles. The van der Waals surface area contributed by atoms with E-state index < -0.39 is 0 Å². The van der Waals surface area contributed by atoms with Gasteiger partial charge in [0.2, 0.25) is 0 Å². The molecule has 84 valence electrons. The molecule has 2 rings (SSSR count). The Hall–Kier alpha value is -1.68. The van der Waals surface area contributed by atoms with Crippen LogP contribution < -0.4 is 5.56 Å². The van der Waals surface area contributed by atoms with Crippen LogP contribution in [0.25, 0.3) is 10.8 Å². The highest BCUT2D eigenvalue weighted by Crippen LogP contribution is 2.13. The molecule has 2 aromatic rings. The molecule has 0 fully saturated rings. The van der Waals surface area contributed by atoms with Gasteiger partial charge in [0.25, 0.3) is 5.56 Å². The molecule has 0 aliphatic rings. The van der Waals surface area contributed by atoms with Gasteiger partial charge >= 0.3 is 0 Å². The van der Waals surface area contributed by atoms with E-state index in [2.05, 4.69) is 5.10 Å². The van der Waals surface area contributed by atoms with Crippen LogP contribution in [0.4, 0.5) is 0 Å². The molecular formula is C12H14N2O2. The number of nitrogens with zero attached hydrogens (tertiary/aromatic N) is 2. The normalized spacial score (nSPS) is 12.9. The molecule has 0 bridgehead atoms. The summed E-state index contributed by atoms with van der Waals surface area (Å²) >= 11 is 0. The Morgan fingerprint density at radius 2 is 2.25 bits per heavy atom. The van der Waals surface area contributed by atoms with Gasteiger partial charge in [-0.05, 0) is 19.4 Å². The first-order chi connectivity index (χ1) is 7.65. The Bertz CT molecular complexity index is 575. The van der Waals surface area contributed by atoms with Gasteiger partial charge in [-0.3, -0.25) is 4.79 Å². The lowest BCUT2D eigenvalue weighted by Gasteiger charge is -2.11. The van der Waals surface area contributed by atoms with Gasteiger partial charge in [0.1, 0.15) is 0 Å². The van der Waals surface area contributed by atoms with Crippen LogP contribution in [0.5, 0.6) is 0 Å². The van der Waals surface area contributed by atoms with E-state index in [0.29, 0.717) is 5.39 Å². The fourth-order valence-electron chi connectivity index (χ4n) is 1.77. The second kappa shape index (κ2) is 4.06. The molecule has 0 aliphatic carbocycles. The van der Waals surface area contributed by atoms with Gasteiger partial charge in [0.05, 0.1) is 24.2 Å². The minimum Gasteiger partial charge on any atom is -0.394 e. The number of aliphatic hydroxyl groups excluding tert-OH is 1. The largest absolute Gasteiger partial charge is 0.394 e. The van der Waals surface area contributed by atoms with E-state index in [0.717, 1.165) is 10.9 Å². The van der Waals surface area contributed by atoms with E-state index in [-0.39, 0.29) is 18.2 Å². The molecule has 4 nitrogen and oxygen atoms in total. The van der Waals surface area contributed by atoms with Crippen molar-refractivity contribution in [2.45, 2.75) is 19.9 Å². The molecule has 1 aromatic heterocycles. The van der Waals surface area contributed by atoms with E-state index in [9.17, 15) is 4.79 Å². The van der Waals surface area contributed by atoms with Crippen molar-refractivity contribution in [2.75, 3.05) is 6.61 Å². The highest BCUT2D eigenvalue weighted by molar-refractivity contribution is 5.83. The summed E-state index contributed by atoms with van der Waals surface area (Å²) in [7, 11) is 0. The summed E-state index contributed by atoms with van der Waals surface area (Å²) in [5.74, 6) is 0. The minimum absolute atomic E-state index is 0.0930. The highest BCUT2D eigenvalue weighted by atomic mass is 16.3. The van der Waals surface area contributed by atoms with Crippen LogP contribution in [0.1, 0.15) is 18.5 Å². The van der Waals surface area contributed by atoms with Crippen molar-refractivity contribution in [3.05, 3.63) is 40.3 Å². The molecule has 0 amide bonds. The van der Waals surface area contributed by atoms with Crippen LogP contribution in [-0.4, -0.2) is 21.5 Å². The summed E-state index contributed by atoms with van der Waals surface area (Å²) in [5.41, 5.74) is 0.793. The van der Waals surface area contributed by atoms with E-state index in [4.69, 9.17) is 5.11 Å². The number of hydrogen-bond acceptors (Lipinski definition) is 3. The SMILES string of the molecule is Cc1cccc2cnn(C(C)CO)c(=O)c12. The number of hydrogen-bond donors (Lipinski definition) is 1. The second-order valence-corrected chi connectivity index (χ2v) is 3.97. The fourth-order valence-corrected chi connectivity index (χ4v) is 1.77. The van der Waals surface area contributed by atoms with Gasteiger partial charge in [-0.1, -0.05) is 18.2 Å². The van der Waals surface area contributed by atoms with Crippen LogP contribution >= 0.6 is 0 Å². The number of benzene rings is 1. The third-order valence-corrected chi connectivity index (χ3v) is 2.73. The van der Waals surface area contributed by atoms with E-state index in [1.807, 2.05) is 25.1 Å². The maximum Gasteiger partial charge on any atom is 0.275 e. The lowest BCUT2D eigenvalue weighted by molar-refractivity contribution is 0.226. The van der Waals surface area contributed by atoms with Crippen molar-refractivity contribution < 1.29 is 5.11 Å². The van der Waals surface area contributed by atoms with Crippen molar-refractivity contribution >= 4 is 10.8 Å². The first-order valence-corrected chi connectivity index (χ1v) is 5.23. The molecule has 1 N–H and O–H groups in total. The lowest BCUT2D eigenvalue weighted by atomic mass is 10.1. The summed E-state index contributed by atoms with van der Waals surface area (Å²) < 4.78 is 1.33. The average molecular weight is 218 g/mol. The second-order valence-electron chi connectivity index (χ2n) is 3.97. The molecule has 1 heterocycles. The quantitative estimate of drug-likeness (QED) is 0.825. The van der Waals surface area contributed by atoms with Crippen molar-refractivity contribution in [1.29, 1.82) is 0 Å². The molecule has 1 atom stereocenters. The molecule has 4 heteroatoms. The number of fused-ring (bicyclic) bond motifs is 1. The topological polar surface area (TPSA) is 55.1 Å². The van der Waals surface area contributed by atoms with Gasteiger partial charge in [-0.2, -0.15) is 5.10 Å². The van der Waals surface area contributed by atoms with Gasteiger partial charge < -0.3 is 5.11 Å². The van der Waals surface area contributed by atoms with E-state index >= 15 is 0 Å². The Morgan fingerprint density at radius 3 is 2.94 bits per heavy atom. The molecule has 0 saturated carbocycles. The maximum atomic E-state index is 12.1. The fraction of sp³-hybridized carbons (Fsp3) is 0.333. The van der Waals surface area contributed by atoms with Crippen molar-refractivity contribution in [3.63, 3.8) is 0 Å². The van der Waals surface area contributed by atoms with Crippen LogP contribution in [0.15, 0.2) is 29.2 Å². The Kier molecular flexibility index (Phi) is 2.75. The number of aromatic nitrogens is 2. The van der Waals surface area contributed by atoms with Gasteiger partial charge in [0.15, 0.2) is 0 Å². The third-order valence-electron chi connectivity index (χ3n) is 2.73. The van der Waals surface area contributed by atoms with Crippen molar-refractivity contribution in [2.24, 2.45) is 0 Å². The zero-order chi connectivity index (χ0) is 11.7. The van der Waals surface area contributed by atoms with E-state index in [1.165, 1.54) is 4.68 Å². The Balaban J connectivity index is 2.79. The summed E-state index contributed by atoms with van der Waals surface area (Å²) in [4.78, 5) is 12.1. The average Bonchev–Trinajstić information content (AvgIpc) is 2.28. The molecule has 1 unspecified atom stereocenters. The molecule has 0 saturated heterocycles. The number of aryl methyl sites for hydroxylation is 1. The smallest absolute Gasteiger partial charge is 0.275 e.